The highest BCUT2D eigenvalue weighted by Crippen LogP contribution is 2.52. The molecule has 27 heavy (non-hydrogen) atoms. The van der Waals surface area contributed by atoms with E-state index in [0.717, 1.165) is 17.3 Å². The minimum Gasteiger partial charge on any atom is -0.478 e. The highest BCUT2D eigenvalue weighted by Gasteiger charge is 2.51. The third kappa shape index (κ3) is 3.02. The number of aromatic carboxylic acids is 1. The number of carbonyl (C=O) groups is 1. The van der Waals surface area contributed by atoms with Gasteiger partial charge in [-0.1, -0.05) is 18.2 Å². The van der Waals surface area contributed by atoms with Gasteiger partial charge in [0, 0.05) is 35.7 Å². The topological polar surface area (TPSA) is 45.5 Å². The summed E-state index contributed by atoms with van der Waals surface area (Å²) in [6.45, 7) is 4.00. The molecule has 1 saturated carbocycles. The number of fused-ring (bicyclic) bond motifs is 3. The van der Waals surface area contributed by atoms with Crippen molar-refractivity contribution in [1.29, 1.82) is 0 Å². The van der Waals surface area contributed by atoms with E-state index in [4.69, 9.17) is 0 Å². The zero-order chi connectivity index (χ0) is 19.5. The van der Waals surface area contributed by atoms with Crippen molar-refractivity contribution in [2.45, 2.75) is 32.5 Å². The molecule has 1 aromatic heterocycles. The Kier molecular flexibility index (Phi) is 4.25. The number of rotatable bonds is 4. The summed E-state index contributed by atoms with van der Waals surface area (Å²) in [6, 6.07) is 7.52. The van der Waals surface area contributed by atoms with Crippen molar-refractivity contribution >= 4 is 16.9 Å². The Labute approximate surface area is 155 Å². The van der Waals surface area contributed by atoms with Gasteiger partial charge < -0.3 is 9.67 Å². The lowest BCUT2D eigenvalue weighted by molar-refractivity contribution is -0.168. The van der Waals surface area contributed by atoms with E-state index >= 15 is 0 Å². The van der Waals surface area contributed by atoms with Crippen molar-refractivity contribution in [1.82, 2.24) is 9.47 Å². The second-order valence-electron chi connectivity index (χ2n) is 8.04. The highest BCUT2D eigenvalue weighted by atomic mass is 19.4. The Morgan fingerprint density at radius 1 is 1.26 bits per heavy atom. The molecule has 3 unspecified atom stereocenters. The molecule has 1 aromatic carbocycles. The Morgan fingerprint density at radius 2 is 1.89 bits per heavy atom. The van der Waals surface area contributed by atoms with E-state index in [2.05, 4.69) is 11.5 Å². The van der Waals surface area contributed by atoms with Gasteiger partial charge in [-0.3, -0.25) is 4.90 Å². The monoisotopic (exact) mass is 380 g/mol. The number of hydrogen-bond acceptors (Lipinski definition) is 2. The van der Waals surface area contributed by atoms with Gasteiger partial charge in [0.15, 0.2) is 0 Å². The number of para-hydroxylation sites is 1. The Bertz CT molecular complexity index is 877. The molecule has 0 amide bonds. The fourth-order valence-corrected chi connectivity index (χ4v) is 5.55. The molecule has 2 fully saturated rings. The van der Waals surface area contributed by atoms with E-state index in [1.165, 1.54) is 4.90 Å². The van der Waals surface area contributed by atoms with Gasteiger partial charge in [0.2, 0.25) is 0 Å². The van der Waals surface area contributed by atoms with Crippen LogP contribution in [0.5, 0.6) is 0 Å². The minimum absolute atomic E-state index is 0.0554. The van der Waals surface area contributed by atoms with Crippen LogP contribution in [0.25, 0.3) is 10.9 Å². The van der Waals surface area contributed by atoms with Crippen molar-refractivity contribution < 1.29 is 23.1 Å². The van der Waals surface area contributed by atoms with Gasteiger partial charge in [-0.2, -0.15) is 13.2 Å². The lowest BCUT2D eigenvalue weighted by Gasteiger charge is -2.56. The zero-order valence-corrected chi connectivity index (χ0v) is 15.3. The summed E-state index contributed by atoms with van der Waals surface area (Å²) in [5.41, 5.74) is 1.92. The quantitative estimate of drug-likeness (QED) is 0.858. The van der Waals surface area contributed by atoms with Gasteiger partial charge in [0.25, 0.3) is 0 Å². The average molecular weight is 380 g/mol. The summed E-state index contributed by atoms with van der Waals surface area (Å²) in [5, 5.41) is 10.4. The molecular weight excluding hydrogens is 357 g/mol. The number of alkyl halides is 3. The van der Waals surface area contributed by atoms with Crippen LogP contribution >= 0.6 is 0 Å². The van der Waals surface area contributed by atoms with E-state index in [1.807, 2.05) is 31.2 Å². The summed E-state index contributed by atoms with van der Waals surface area (Å²) < 4.78 is 40.2. The van der Waals surface area contributed by atoms with Crippen LogP contribution in [0.3, 0.4) is 0 Å². The molecule has 1 saturated heterocycles. The lowest BCUT2D eigenvalue weighted by Crippen LogP contribution is -2.58. The molecule has 0 spiro atoms. The second kappa shape index (κ2) is 6.26. The Morgan fingerprint density at radius 3 is 2.48 bits per heavy atom. The number of piperidine rings is 2. The summed E-state index contributed by atoms with van der Waals surface area (Å²) in [5.74, 6) is -0.199. The van der Waals surface area contributed by atoms with E-state index in [-0.39, 0.29) is 23.8 Å². The van der Waals surface area contributed by atoms with E-state index in [9.17, 15) is 23.1 Å². The first-order valence-electron chi connectivity index (χ1n) is 9.29. The molecule has 1 N–H and O–H groups in total. The lowest BCUT2D eigenvalue weighted by atomic mass is 9.59. The molecule has 0 radical (unpaired) electrons. The summed E-state index contributed by atoms with van der Waals surface area (Å²) in [4.78, 5) is 13.3. The fourth-order valence-electron chi connectivity index (χ4n) is 5.55. The van der Waals surface area contributed by atoms with Crippen LogP contribution in [0.2, 0.25) is 0 Å². The first kappa shape index (κ1) is 18.3. The van der Waals surface area contributed by atoms with Gasteiger partial charge in [-0.25, -0.2) is 4.79 Å². The van der Waals surface area contributed by atoms with Crippen LogP contribution < -0.4 is 0 Å². The molecule has 146 valence electrons. The van der Waals surface area contributed by atoms with Gasteiger partial charge in [-0.05, 0) is 44.1 Å². The van der Waals surface area contributed by atoms with Crippen LogP contribution in [0.1, 0.15) is 35.4 Å². The normalized spacial score (nSPS) is 26.8. The smallest absolute Gasteiger partial charge is 0.401 e. The molecule has 1 aliphatic carbocycles. The predicted octanol–water partition coefficient (Wildman–Crippen LogP) is 4.34. The largest absolute Gasteiger partial charge is 0.478 e. The maximum absolute atomic E-state index is 12.7. The molecule has 2 heterocycles. The maximum Gasteiger partial charge on any atom is 0.401 e. The van der Waals surface area contributed by atoms with Crippen molar-refractivity contribution in [3.05, 3.63) is 35.5 Å². The highest BCUT2D eigenvalue weighted by molar-refractivity contribution is 6.05. The Balaban J connectivity index is 1.63. The molecule has 3 atom stereocenters. The zero-order valence-electron chi connectivity index (χ0n) is 15.3. The van der Waals surface area contributed by atoms with E-state index in [1.54, 1.807) is 0 Å². The summed E-state index contributed by atoms with van der Waals surface area (Å²) >= 11 is 0. The third-order valence-corrected chi connectivity index (χ3v) is 6.42. The van der Waals surface area contributed by atoms with Gasteiger partial charge in [0.1, 0.15) is 0 Å². The van der Waals surface area contributed by atoms with Gasteiger partial charge in [-0.15, -0.1) is 0 Å². The number of hydrogen-bond donors (Lipinski definition) is 1. The predicted molar refractivity (Wildman–Crippen MR) is 95.9 cm³/mol. The van der Waals surface area contributed by atoms with Crippen LogP contribution in [-0.4, -0.2) is 46.4 Å². The average Bonchev–Trinajstić information content (AvgIpc) is 2.84. The molecule has 2 aliphatic rings. The van der Waals surface area contributed by atoms with Crippen molar-refractivity contribution in [2.75, 3.05) is 19.6 Å². The molecule has 2 bridgehead atoms. The maximum atomic E-state index is 12.7. The van der Waals surface area contributed by atoms with E-state index in [0.29, 0.717) is 24.3 Å². The second-order valence-corrected chi connectivity index (χ2v) is 8.04. The standard InChI is InChI=1S/C20H23F3N2O2/c1-11(17-13-7-14(17)9-24(8-13)10-20(21,22)23)25-12(2)18(19(26)27)15-5-3-4-6-16(15)25/h3-6,11,13-14,17H,7-10H2,1-2H3,(H,26,27). The fraction of sp³-hybridized carbons (Fsp3) is 0.550. The van der Waals surface area contributed by atoms with Crippen LogP contribution in [-0.2, 0) is 0 Å². The molecular formula is C20H23F3N2O2. The molecule has 2 aromatic rings. The first-order chi connectivity index (χ1) is 12.7. The number of halogens is 3. The van der Waals surface area contributed by atoms with E-state index < -0.39 is 18.7 Å². The summed E-state index contributed by atoms with van der Waals surface area (Å²) in [7, 11) is 0. The molecule has 4 rings (SSSR count). The van der Waals surface area contributed by atoms with Crippen molar-refractivity contribution in [2.24, 2.45) is 17.8 Å². The van der Waals surface area contributed by atoms with Crippen LogP contribution in [0, 0.1) is 24.7 Å². The third-order valence-electron chi connectivity index (χ3n) is 6.42. The number of likely N-dealkylation sites (tertiary alicyclic amines) is 1. The number of carboxylic acids is 1. The van der Waals surface area contributed by atoms with Crippen molar-refractivity contribution in [3.8, 4) is 0 Å². The Hall–Kier alpha value is -2.02. The van der Waals surface area contributed by atoms with Crippen LogP contribution in [0.4, 0.5) is 13.2 Å². The number of aromatic nitrogens is 1. The number of benzene rings is 1. The number of nitrogens with zero attached hydrogens (tertiary/aromatic N) is 2. The molecule has 4 nitrogen and oxygen atoms in total. The summed E-state index contributed by atoms with van der Waals surface area (Å²) in [6.07, 6.45) is -3.19. The number of carboxylic acid groups (broad SMARTS) is 1. The van der Waals surface area contributed by atoms with Gasteiger partial charge in [0.05, 0.1) is 12.1 Å². The van der Waals surface area contributed by atoms with Crippen LogP contribution in [0.15, 0.2) is 24.3 Å². The molecule has 1 aliphatic heterocycles. The molecule has 7 heteroatoms. The van der Waals surface area contributed by atoms with Gasteiger partial charge >= 0.3 is 12.1 Å². The SMILES string of the molecule is Cc1c(C(=O)O)c2ccccc2n1C(C)C1C2CC1CN(CC(F)(F)F)C2. The minimum atomic E-state index is -4.16. The van der Waals surface area contributed by atoms with Crippen molar-refractivity contribution in [3.63, 3.8) is 0 Å². The first-order valence-corrected chi connectivity index (χ1v) is 9.29.